The van der Waals surface area contributed by atoms with Crippen LogP contribution in [0.3, 0.4) is 0 Å². The number of nitro groups is 1. The highest BCUT2D eigenvalue weighted by molar-refractivity contribution is 6.30. The first-order valence-electron chi connectivity index (χ1n) is 8.40. The van der Waals surface area contributed by atoms with Gasteiger partial charge in [-0.15, -0.1) is 0 Å². The van der Waals surface area contributed by atoms with Gasteiger partial charge in [-0.3, -0.25) is 10.1 Å². The first kappa shape index (κ1) is 19.5. The Morgan fingerprint density at radius 1 is 1.00 bits per heavy atom. The summed E-state index contributed by atoms with van der Waals surface area (Å²) in [5.74, 6) is -0.611. The van der Waals surface area contributed by atoms with Crippen LogP contribution in [-0.4, -0.2) is 10.9 Å². The van der Waals surface area contributed by atoms with E-state index >= 15 is 0 Å². The molecule has 28 heavy (non-hydrogen) atoms. The standard InChI is InChI=1S/C21H16ClNO5/c22-17-11-9-16(10-12-17)20(27-14-15-5-2-1-3-6-15)21(24)28-19-8-4-7-18(13-19)23(25)26/h1-13,20H,14H2. The zero-order chi connectivity index (χ0) is 19.9. The monoisotopic (exact) mass is 397 g/mol. The summed E-state index contributed by atoms with van der Waals surface area (Å²) in [6, 6.07) is 21.5. The van der Waals surface area contributed by atoms with Crippen LogP contribution in [0.15, 0.2) is 78.9 Å². The Morgan fingerprint density at radius 3 is 2.39 bits per heavy atom. The second-order valence-electron chi connectivity index (χ2n) is 5.90. The minimum atomic E-state index is -1.02. The maximum atomic E-state index is 12.8. The SMILES string of the molecule is O=C(Oc1cccc([N+](=O)[O-])c1)C(OCc1ccccc1)c1ccc(Cl)cc1. The van der Waals surface area contributed by atoms with Crippen molar-refractivity contribution in [3.63, 3.8) is 0 Å². The van der Waals surface area contributed by atoms with Gasteiger partial charge in [0.15, 0.2) is 6.10 Å². The van der Waals surface area contributed by atoms with Gasteiger partial charge in [0, 0.05) is 11.1 Å². The Morgan fingerprint density at radius 2 is 1.71 bits per heavy atom. The van der Waals surface area contributed by atoms with E-state index < -0.39 is 17.0 Å². The van der Waals surface area contributed by atoms with Crippen molar-refractivity contribution in [2.45, 2.75) is 12.7 Å². The molecule has 0 N–H and O–H groups in total. The highest BCUT2D eigenvalue weighted by Gasteiger charge is 2.24. The molecular weight excluding hydrogens is 382 g/mol. The molecule has 0 spiro atoms. The van der Waals surface area contributed by atoms with Gasteiger partial charge in [-0.05, 0) is 29.3 Å². The zero-order valence-corrected chi connectivity index (χ0v) is 15.4. The summed E-state index contributed by atoms with van der Waals surface area (Å²) in [6.07, 6.45) is -1.02. The molecule has 0 aromatic heterocycles. The predicted molar refractivity (Wildman–Crippen MR) is 104 cm³/mol. The highest BCUT2D eigenvalue weighted by Crippen LogP contribution is 2.26. The largest absolute Gasteiger partial charge is 0.424 e. The molecule has 3 aromatic carbocycles. The van der Waals surface area contributed by atoms with Gasteiger partial charge in [0.05, 0.1) is 17.6 Å². The second kappa shape index (κ2) is 9.12. The van der Waals surface area contributed by atoms with Crippen molar-refractivity contribution in [3.8, 4) is 5.75 Å². The summed E-state index contributed by atoms with van der Waals surface area (Å²) in [6.45, 7) is 0.193. The Hall–Kier alpha value is -3.22. The lowest BCUT2D eigenvalue weighted by Gasteiger charge is -2.17. The second-order valence-corrected chi connectivity index (χ2v) is 6.34. The average molecular weight is 398 g/mol. The van der Waals surface area contributed by atoms with Gasteiger partial charge < -0.3 is 9.47 Å². The number of hydrogen-bond acceptors (Lipinski definition) is 5. The molecule has 0 heterocycles. The van der Waals surface area contributed by atoms with Crippen LogP contribution in [-0.2, 0) is 16.1 Å². The molecule has 6 nitrogen and oxygen atoms in total. The van der Waals surface area contributed by atoms with Crippen LogP contribution in [0, 0.1) is 10.1 Å². The molecule has 1 unspecified atom stereocenters. The first-order chi connectivity index (χ1) is 13.5. The topological polar surface area (TPSA) is 78.7 Å². The molecule has 3 rings (SSSR count). The normalized spacial score (nSPS) is 11.6. The molecule has 3 aromatic rings. The van der Waals surface area contributed by atoms with Crippen LogP contribution < -0.4 is 4.74 Å². The number of nitro benzene ring substituents is 1. The van der Waals surface area contributed by atoms with Crippen molar-refractivity contribution >= 4 is 23.3 Å². The van der Waals surface area contributed by atoms with Crippen molar-refractivity contribution in [1.29, 1.82) is 0 Å². The minimum absolute atomic E-state index is 0.0708. The fraction of sp³-hybridized carbons (Fsp3) is 0.0952. The molecule has 7 heteroatoms. The van der Waals surface area contributed by atoms with Crippen LogP contribution in [0.2, 0.25) is 5.02 Å². The number of carbonyl (C=O) groups is 1. The average Bonchev–Trinajstić information content (AvgIpc) is 2.70. The number of non-ortho nitro benzene ring substituents is 1. The summed E-state index contributed by atoms with van der Waals surface area (Å²) < 4.78 is 11.2. The number of hydrogen-bond donors (Lipinski definition) is 0. The summed E-state index contributed by atoms with van der Waals surface area (Å²) in [5, 5.41) is 11.4. The van der Waals surface area contributed by atoms with Gasteiger partial charge in [-0.25, -0.2) is 4.79 Å². The van der Waals surface area contributed by atoms with Crippen molar-refractivity contribution in [3.05, 3.63) is 105 Å². The molecule has 0 aliphatic carbocycles. The van der Waals surface area contributed by atoms with Crippen LogP contribution in [0.1, 0.15) is 17.2 Å². The van der Waals surface area contributed by atoms with E-state index in [2.05, 4.69) is 0 Å². The Balaban J connectivity index is 1.80. The molecule has 0 aliphatic heterocycles. The van der Waals surface area contributed by atoms with Crippen LogP contribution in [0.5, 0.6) is 5.75 Å². The number of esters is 1. The lowest BCUT2D eigenvalue weighted by Crippen LogP contribution is -2.21. The maximum Gasteiger partial charge on any atom is 0.345 e. The molecule has 0 amide bonds. The molecule has 0 aliphatic rings. The fourth-order valence-electron chi connectivity index (χ4n) is 2.52. The predicted octanol–water partition coefficient (Wildman–Crippen LogP) is 5.11. The molecule has 0 bridgehead atoms. The summed E-state index contributed by atoms with van der Waals surface area (Å²) >= 11 is 5.92. The molecular formula is C21H16ClNO5. The third-order valence-electron chi connectivity index (χ3n) is 3.89. The fourth-order valence-corrected chi connectivity index (χ4v) is 2.65. The lowest BCUT2D eigenvalue weighted by atomic mass is 10.1. The van der Waals surface area contributed by atoms with Gasteiger partial charge in [-0.1, -0.05) is 60.1 Å². The van der Waals surface area contributed by atoms with Crippen LogP contribution in [0.4, 0.5) is 5.69 Å². The van der Waals surface area contributed by atoms with Crippen molar-refractivity contribution in [2.75, 3.05) is 0 Å². The van der Waals surface area contributed by atoms with Gasteiger partial charge in [0.1, 0.15) is 5.75 Å². The smallest absolute Gasteiger partial charge is 0.345 e. The lowest BCUT2D eigenvalue weighted by molar-refractivity contribution is -0.384. The number of ether oxygens (including phenoxy) is 2. The highest BCUT2D eigenvalue weighted by atomic mass is 35.5. The summed E-state index contributed by atoms with van der Waals surface area (Å²) in [5.41, 5.74) is 1.29. The molecule has 142 valence electrons. The van der Waals surface area contributed by atoms with Gasteiger partial charge in [-0.2, -0.15) is 0 Å². The molecule has 0 saturated heterocycles. The molecule has 0 saturated carbocycles. The minimum Gasteiger partial charge on any atom is -0.424 e. The third-order valence-corrected chi connectivity index (χ3v) is 4.15. The first-order valence-corrected chi connectivity index (χ1v) is 8.78. The van der Waals surface area contributed by atoms with E-state index in [-0.39, 0.29) is 18.0 Å². The molecule has 0 radical (unpaired) electrons. The van der Waals surface area contributed by atoms with Crippen molar-refractivity contribution < 1.29 is 19.2 Å². The quantitative estimate of drug-likeness (QED) is 0.239. The van der Waals surface area contributed by atoms with E-state index in [1.165, 1.54) is 24.3 Å². The number of carbonyl (C=O) groups excluding carboxylic acids is 1. The summed E-state index contributed by atoms with van der Waals surface area (Å²) in [7, 11) is 0. The van der Waals surface area contributed by atoms with E-state index in [1.807, 2.05) is 30.3 Å². The van der Waals surface area contributed by atoms with Gasteiger partial charge >= 0.3 is 5.97 Å². The zero-order valence-electron chi connectivity index (χ0n) is 14.7. The Labute approximate surface area is 166 Å². The number of nitrogens with zero attached hydrogens (tertiary/aromatic N) is 1. The van der Waals surface area contributed by atoms with Crippen molar-refractivity contribution in [2.24, 2.45) is 0 Å². The molecule has 1 atom stereocenters. The van der Waals surface area contributed by atoms with E-state index in [0.29, 0.717) is 10.6 Å². The maximum absolute atomic E-state index is 12.8. The van der Waals surface area contributed by atoms with E-state index in [0.717, 1.165) is 5.56 Å². The van der Waals surface area contributed by atoms with E-state index in [1.54, 1.807) is 24.3 Å². The van der Waals surface area contributed by atoms with Crippen LogP contribution >= 0.6 is 11.6 Å². The summed E-state index contributed by atoms with van der Waals surface area (Å²) in [4.78, 5) is 23.1. The number of halogens is 1. The Bertz CT molecular complexity index is 960. The number of benzene rings is 3. The Kier molecular flexibility index (Phi) is 6.37. The van der Waals surface area contributed by atoms with E-state index in [9.17, 15) is 14.9 Å². The van der Waals surface area contributed by atoms with Gasteiger partial charge in [0.25, 0.3) is 5.69 Å². The number of rotatable bonds is 7. The van der Waals surface area contributed by atoms with E-state index in [4.69, 9.17) is 21.1 Å². The van der Waals surface area contributed by atoms with Gasteiger partial charge in [0.2, 0.25) is 0 Å². The van der Waals surface area contributed by atoms with Crippen molar-refractivity contribution in [1.82, 2.24) is 0 Å². The third kappa shape index (κ3) is 5.16. The van der Waals surface area contributed by atoms with Crippen LogP contribution in [0.25, 0.3) is 0 Å². The molecule has 0 fully saturated rings.